The van der Waals surface area contributed by atoms with E-state index in [-0.39, 0.29) is 12.3 Å². The maximum atomic E-state index is 11.5. The van der Waals surface area contributed by atoms with Crippen LogP contribution in [0.1, 0.15) is 36.6 Å². The summed E-state index contributed by atoms with van der Waals surface area (Å²) in [6.07, 6.45) is 2.31. The standard InChI is InChI=1S/C10H16O2/c1-7(2)10(9(11)12)5-4-8(3)6-10/h4-5,7-8H,6H2,1-3H3,(H,11,12)/t8-,10+/m1/s1/i1D3,2D3,7D. The number of carboxylic acid groups (broad SMARTS) is 1. The largest absolute Gasteiger partial charge is 0.481 e. The Balaban J connectivity index is 3.57. The third-order valence-corrected chi connectivity index (χ3v) is 2.18. The lowest BCUT2D eigenvalue weighted by Crippen LogP contribution is -2.33. The van der Waals surface area contributed by atoms with Crippen molar-refractivity contribution in [3.05, 3.63) is 12.2 Å². The highest BCUT2D eigenvalue weighted by Gasteiger charge is 2.42. The van der Waals surface area contributed by atoms with Gasteiger partial charge in [-0.05, 0) is 18.2 Å². The molecule has 0 saturated heterocycles. The fourth-order valence-electron chi connectivity index (χ4n) is 1.42. The fourth-order valence-corrected chi connectivity index (χ4v) is 1.42. The average molecular weight is 175 g/mol. The van der Waals surface area contributed by atoms with E-state index in [1.165, 1.54) is 6.08 Å². The molecule has 0 radical (unpaired) electrons. The lowest BCUT2D eigenvalue weighted by Gasteiger charge is -2.27. The van der Waals surface area contributed by atoms with Gasteiger partial charge in [0.25, 0.3) is 0 Å². The normalized spacial score (nSPS) is 46.1. The first-order valence-electron chi connectivity index (χ1n) is 7.22. The van der Waals surface area contributed by atoms with Gasteiger partial charge in [-0.25, -0.2) is 0 Å². The first kappa shape index (κ1) is 3.52. The average Bonchev–Trinajstić information content (AvgIpc) is 2.57. The molecule has 0 aromatic carbocycles. The van der Waals surface area contributed by atoms with E-state index >= 15 is 0 Å². The van der Waals surface area contributed by atoms with Crippen LogP contribution in [0.25, 0.3) is 0 Å². The molecule has 2 atom stereocenters. The van der Waals surface area contributed by atoms with Crippen LogP contribution in [0.5, 0.6) is 0 Å². The molecule has 0 saturated carbocycles. The molecule has 1 N–H and O–H groups in total. The summed E-state index contributed by atoms with van der Waals surface area (Å²) in [7, 11) is 0. The molecule has 0 amide bonds. The number of carboxylic acids is 1. The van der Waals surface area contributed by atoms with Gasteiger partial charge in [-0.2, -0.15) is 0 Å². The molecular weight excluding hydrogens is 152 g/mol. The van der Waals surface area contributed by atoms with Crippen LogP contribution < -0.4 is 0 Å². The molecule has 12 heavy (non-hydrogen) atoms. The van der Waals surface area contributed by atoms with Gasteiger partial charge in [0.05, 0.1) is 5.41 Å². The summed E-state index contributed by atoms with van der Waals surface area (Å²) in [6, 6.07) is 0. The van der Waals surface area contributed by atoms with Crippen LogP contribution in [-0.2, 0) is 4.79 Å². The highest BCUT2D eigenvalue weighted by molar-refractivity contribution is 5.78. The summed E-state index contributed by atoms with van der Waals surface area (Å²) >= 11 is 0. The Bertz CT molecular complexity index is 395. The molecule has 0 bridgehead atoms. The van der Waals surface area contributed by atoms with Crippen molar-refractivity contribution in [3.63, 3.8) is 0 Å². The minimum atomic E-state index is -3.24. The number of carbonyl (C=O) groups is 1. The van der Waals surface area contributed by atoms with Gasteiger partial charge in [0, 0.05) is 9.60 Å². The van der Waals surface area contributed by atoms with Gasteiger partial charge in [0.2, 0.25) is 0 Å². The zero-order chi connectivity index (χ0) is 15.3. The van der Waals surface area contributed by atoms with Gasteiger partial charge in [0.1, 0.15) is 0 Å². The minimum absolute atomic E-state index is 0.206. The number of hydrogen-bond donors (Lipinski definition) is 1. The van der Waals surface area contributed by atoms with Crippen molar-refractivity contribution in [1.82, 2.24) is 0 Å². The predicted molar refractivity (Wildman–Crippen MR) is 47.8 cm³/mol. The Morgan fingerprint density at radius 3 is 2.92 bits per heavy atom. The van der Waals surface area contributed by atoms with Crippen LogP contribution in [0, 0.1) is 17.2 Å². The zero-order valence-corrected chi connectivity index (χ0v) is 6.79. The van der Waals surface area contributed by atoms with Crippen molar-refractivity contribution >= 4 is 5.97 Å². The fraction of sp³-hybridized carbons (Fsp3) is 0.700. The van der Waals surface area contributed by atoms with Crippen LogP contribution in [0.15, 0.2) is 12.2 Å². The summed E-state index contributed by atoms with van der Waals surface area (Å²) in [5, 5.41) is 9.37. The Labute approximate surface area is 83.1 Å². The van der Waals surface area contributed by atoms with E-state index in [1.807, 2.05) is 0 Å². The van der Waals surface area contributed by atoms with Crippen molar-refractivity contribution in [1.29, 1.82) is 0 Å². The number of hydrogen-bond acceptors (Lipinski definition) is 1. The lowest BCUT2D eigenvalue weighted by atomic mass is 9.76. The molecule has 2 nitrogen and oxygen atoms in total. The zero-order valence-electron chi connectivity index (χ0n) is 13.8. The van der Waals surface area contributed by atoms with Crippen molar-refractivity contribution in [2.24, 2.45) is 17.2 Å². The Hall–Kier alpha value is -0.790. The molecule has 0 heterocycles. The molecule has 2 heteroatoms. The molecule has 0 aromatic heterocycles. The second-order valence-corrected chi connectivity index (χ2v) is 3.19. The molecule has 1 rings (SSSR count). The molecule has 0 spiro atoms. The van der Waals surface area contributed by atoms with Crippen molar-refractivity contribution < 1.29 is 19.5 Å². The monoisotopic (exact) mass is 175 g/mol. The lowest BCUT2D eigenvalue weighted by molar-refractivity contribution is -0.148. The van der Waals surface area contributed by atoms with Crippen molar-refractivity contribution in [2.75, 3.05) is 0 Å². The topological polar surface area (TPSA) is 37.3 Å². The molecule has 0 aromatic rings. The van der Waals surface area contributed by atoms with Gasteiger partial charge < -0.3 is 5.11 Å². The first-order chi connectivity index (χ1) is 8.29. The number of rotatable bonds is 2. The molecule has 0 aliphatic heterocycles. The van der Waals surface area contributed by atoms with Crippen molar-refractivity contribution in [2.45, 2.75) is 27.0 Å². The predicted octanol–water partition coefficient (Wildman–Crippen LogP) is 2.31. The number of allylic oxidation sites excluding steroid dienone is 1. The molecule has 68 valence electrons. The van der Waals surface area contributed by atoms with E-state index in [0.29, 0.717) is 0 Å². The second kappa shape index (κ2) is 2.92. The second-order valence-electron chi connectivity index (χ2n) is 3.19. The summed E-state index contributed by atoms with van der Waals surface area (Å²) in [6.45, 7) is -4.84. The van der Waals surface area contributed by atoms with E-state index in [2.05, 4.69) is 0 Å². The van der Waals surface area contributed by atoms with Gasteiger partial charge >= 0.3 is 5.97 Å². The number of aliphatic carboxylic acids is 1. The van der Waals surface area contributed by atoms with Crippen LogP contribution in [0.4, 0.5) is 0 Å². The molecular formula is C10H16O2. The third kappa shape index (κ3) is 1.26. The summed E-state index contributed by atoms with van der Waals surface area (Å²) < 4.78 is 52.3. The highest BCUT2D eigenvalue weighted by Crippen LogP contribution is 2.41. The van der Waals surface area contributed by atoms with Gasteiger partial charge in [-0.1, -0.05) is 32.8 Å². The third-order valence-electron chi connectivity index (χ3n) is 2.18. The van der Waals surface area contributed by atoms with Crippen LogP contribution in [0.2, 0.25) is 0 Å². The molecule has 0 fully saturated rings. The van der Waals surface area contributed by atoms with E-state index in [1.54, 1.807) is 6.92 Å². The smallest absolute Gasteiger partial charge is 0.313 e. The quantitative estimate of drug-likeness (QED) is 0.654. The van der Waals surface area contributed by atoms with E-state index in [4.69, 9.17) is 9.60 Å². The Kier molecular flexibility index (Phi) is 0.859. The first-order valence-corrected chi connectivity index (χ1v) is 3.72. The summed E-state index contributed by atoms with van der Waals surface area (Å²) in [5.74, 6) is -4.96. The Morgan fingerprint density at radius 2 is 2.58 bits per heavy atom. The summed E-state index contributed by atoms with van der Waals surface area (Å²) in [5.41, 5.74) is -2.23. The maximum absolute atomic E-state index is 11.5. The highest BCUT2D eigenvalue weighted by atomic mass is 16.4. The molecule has 1 aliphatic carbocycles. The Morgan fingerprint density at radius 1 is 1.92 bits per heavy atom. The van der Waals surface area contributed by atoms with Gasteiger partial charge in [-0.15, -0.1) is 0 Å². The van der Waals surface area contributed by atoms with Crippen LogP contribution >= 0.6 is 0 Å². The van der Waals surface area contributed by atoms with Crippen molar-refractivity contribution in [3.8, 4) is 0 Å². The van der Waals surface area contributed by atoms with Crippen LogP contribution in [0.3, 0.4) is 0 Å². The summed E-state index contributed by atoms with van der Waals surface area (Å²) in [4.78, 5) is 11.5. The molecule has 0 unspecified atom stereocenters. The SMILES string of the molecule is [2H]C([2H])([2H])C([2H])(C([2H])([2H])[2H])[C@]1(C(=O)O)C=C[C@@H](C)C1. The van der Waals surface area contributed by atoms with E-state index in [0.717, 1.165) is 6.08 Å². The van der Waals surface area contributed by atoms with E-state index < -0.39 is 31.0 Å². The van der Waals surface area contributed by atoms with Gasteiger partial charge in [-0.3, -0.25) is 4.79 Å². The van der Waals surface area contributed by atoms with Gasteiger partial charge in [0.15, 0.2) is 0 Å². The maximum Gasteiger partial charge on any atom is 0.313 e. The van der Waals surface area contributed by atoms with E-state index in [9.17, 15) is 9.90 Å². The molecule has 1 aliphatic rings. The van der Waals surface area contributed by atoms with Crippen LogP contribution in [-0.4, -0.2) is 11.1 Å². The minimum Gasteiger partial charge on any atom is -0.481 e.